The number of carbonyl (C=O) groups excluding carboxylic acids is 1. The molecule has 0 atom stereocenters. The van der Waals surface area contributed by atoms with Gasteiger partial charge in [-0.15, -0.1) is 0 Å². The summed E-state index contributed by atoms with van der Waals surface area (Å²) < 4.78 is 18.3. The first kappa shape index (κ1) is 19.3. The Balaban J connectivity index is 1.43. The number of rotatable bonds is 7. The zero-order chi connectivity index (χ0) is 18.9. The van der Waals surface area contributed by atoms with Gasteiger partial charge in [0, 0.05) is 32.7 Å². The fourth-order valence-electron chi connectivity index (χ4n) is 3.09. The van der Waals surface area contributed by atoms with Crippen LogP contribution in [0.3, 0.4) is 0 Å². The van der Waals surface area contributed by atoms with Gasteiger partial charge in [-0.2, -0.15) is 0 Å². The van der Waals surface area contributed by atoms with Crippen LogP contribution < -0.4 is 10.6 Å². The average molecular weight is 371 g/mol. The van der Waals surface area contributed by atoms with E-state index in [0.29, 0.717) is 19.5 Å². The van der Waals surface area contributed by atoms with Gasteiger partial charge in [0.1, 0.15) is 5.82 Å². The Morgan fingerprint density at radius 2 is 1.70 bits per heavy atom. The lowest BCUT2D eigenvalue weighted by molar-refractivity contribution is 0.0341. The predicted octanol–water partition coefficient (Wildman–Crippen LogP) is 2.70. The van der Waals surface area contributed by atoms with Gasteiger partial charge in [-0.25, -0.2) is 9.18 Å². The van der Waals surface area contributed by atoms with Crippen molar-refractivity contribution in [1.82, 2.24) is 15.5 Å². The molecule has 0 aromatic heterocycles. The highest BCUT2D eigenvalue weighted by molar-refractivity contribution is 5.73. The molecule has 1 aliphatic rings. The molecule has 1 saturated heterocycles. The number of hydrogen-bond acceptors (Lipinski definition) is 3. The number of nitrogens with one attached hydrogen (secondary N) is 2. The van der Waals surface area contributed by atoms with Gasteiger partial charge in [0.25, 0.3) is 0 Å². The van der Waals surface area contributed by atoms with Crippen LogP contribution in [0.2, 0.25) is 0 Å². The maximum Gasteiger partial charge on any atom is 0.315 e. The van der Waals surface area contributed by atoms with Gasteiger partial charge in [-0.05, 0) is 35.2 Å². The van der Waals surface area contributed by atoms with E-state index in [-0.39, 0.29) is 11.8 Å². The second-order valence-electron chi connectivity index (χ2n) is 6.64. The summed E-state index contributed by atoms with van der Waals surface area (Å²) in [6.45, 7) is 5.29. The monoisotopic (exact) mass is 371 g/mol. The maximum atomic E-state index is 12.9. The summed E-state index contributed by atoms with van der Waals surface area (Å²) in [5.74, 6) is -0.250. The Morgan fingerprint density at radius 3 is 2.44 bits per heavy atom. The van der Waals surface area contributed by atoms with Crippen molar-refractivity contribution in [3.8, 4) is 0 Å². The molecular weight excluding hydrogens is 345 g/mol. The topological polar surface area (TPSA) is 53.6 Å². The molecule has 27 heavy (non-hydrogen) atoms. The van der Waals surface area contributed by atoms with Crippen molar-refractivity contribution >= 4 is 6.03 Å². The molecule has 5 nitrogen and oxygen atoms in total. The predicted molar refractivity (Wildman–Crippen MR) is 103 cm³/mol. The van der Waals surface area contributed by atoms with Gasteiger partial charge in [0.05, 0.1) is 13.2 Å². The van der Waals surface area contributed by atoms with Crippen LogP contribution in [0.15, 0.2) is 48.5 Å². The van der Waals surface area contributed by atoms with Crippen LogP contribution in [-0.4, -0.2) is 43.8 Å². The lowest BCUT2D eigenvalue weighted by atomic mass is 10.1. The number of hydrogen-bond donors (Lipinski definition) is 2. The Bertz CT molecular complexity index is 730. The van der Waals surface area contributed by atoms with Crippen molar-refractivity contribution in [3.05, 3.63) is 71.0 Å². The van der Waals surface area contributed by atoms with Gasteiger partial charge in [0.2, 0.25) is 0 Å². The second kappa shape index (κ2) is 10.0. The molecule has 0 radical (unpaired) electrons. The molecule has 0 aliphatic carbocycles. The normalized spacial score (nSPS) is 14.7. The zero-order valence-electron chi connectivity index (χ0n) is 15.4. The van der Waals surface area contributed by atoms with Crippen molar-refractivity contribution in [2.75, 3.05) is 32.8 Å². The molecule has 2 aromatic rings. The highest BCUT2D eigenvalue weighted by Crippen LogP contribution is 2.13. The number of amides is 2. The number of morpholine rings is 1. The SMILES string of the molecule is O=C(NCCc1ccc(F)cc1)NCc1ccccc1CN1CCOCC1. The van der Waals surface area contributed by atoms with E-state index >= 15 is 0 Å². The second-order valence-corrected chi connectivity index (χ2v) is 6.64. The van der Waals surface area contributed by atoms with Crippen LogP contribution in [-0.2, 0) is 24.2 Å². The molecule has 1 aliphatic heterocycles. The molecule has 1 fully saturated rings. The smallest absolute Gasteiger partial charge is 0.315 e. The van der Waals surface area contributed by atoms with Gasteiger partial charge < -0.3 is 15.4 Å². The number of urea groups is 1. The molecule has 0 bridgehead atoms. The van der Waals surface area contributed by atoms with Crippen LogP contribution in [0.1, 0.15) is 16.7 Å². The summed E-state index contributed by atoms with van der Waals surface area (Å²) in [4.78, 5) is 14.4. The minimum Gasteiger partial charge on any atom is -0.379 e. The van der Waals surface area contributed by atoms with E-state index in [1.165, 1.54) is 17.7 Å². The Hall–Kier alpha value is -2.44. The van der Waals surface area contributed by atoms with E-state index in [1.54, 1.807) is 12.1 Å². The largest absolute Gasteiger partial charge is 0.379 e. The van der Waals surface area contributed by atoms with E-state index in [1.807, 2.05) is 12.1 Å². The van der Waals surface area contributed by atoms with Crippen molar-refractivity contribution in [1.29, 1.82) is 0 Å². The number of halogens is 1. The van der Waals surface area contributed by atoms with Crippen molar-refractivity contribution in [2.45, 2.75) is 19.5 Å². The molecule has 0 unspecified atom stereocenters. The molecule has 2 N–H and O–H groups in total. The summed E-state index contributed by atoms with van der Waals surface area (Å²) in [6.07, 6.45) is 0.668. The molecule has 1 heterocycles. The lowest BCUT2D eigenvalue weighted by Gasteiger charge is -2.27. The summed E-state index contributed by atoms with van der Waals surface area (Å²) in [7, 11) is 0. The first-order valence-corrected chi connectivity index (χ1v) is 9.34. The third kappa shape index (κ3) is 6.34. The number of benzene rings is 2. The van der Waals surface area contributed by atoms with Gasteiger partial charge in [-0.3, -0.25) is 4.90 Å². The van der Waals surface area contributed by atoms with Crippen molar-refractivity contribution in [2.24, 2.45) is 0 Å². The first-order chi connectivity index (χ1) is 13.2. The molecule has 2 amide bonds. The molecule has 144 valence electrons. The minimum atomic E-state index is -0.250. The van der Waals surface area contributed by atoms with E-state index in [0.717, 1.165) is 44.0 Å². The number of carbonyl (C=O) groups is 1. The number of ether oxygens (including phenoxy) is 1. The van der Waals surface area contributed by atoms with Crippen LogP contribution in [0, 0.1) is 5.82 Å². The Morgan fingerprint density at radius 1 is 1.00 bits per heavy atom. The fraction of sp³-hybridized carbons (Fsp3) is 0.381. The fourth-order valence-corrected chi connectivity index (χ4v) is 3.09. The van der Waals surface area contributed by atoms with Crippen molar-refractivity contribution in [3.63, 3.8) is 0 Å². The average Bonchev–Trinajstić information content (AvgIpc) is 2.70. The van der Waals surface area contributed by atoms with Crippen molar-refractivity contribution < 1.29 is 13.9 Å². The Labute approximate surface area is 159 Å². The van der Waals surface area contributed by atoms with E-state index < -0.39 is 0 Å². The van der Waals surface area contributed by atoms with Crippen LogP contribution in [0.4, 0.5) is 9.18 Å². The van der Waals surface area contributed by atoms with Gasteiger partial charge in [-0.1, -0.05) is 36.4 Å². The van der Waals surface area contributed by atoms with Crippen LogP contribution in [0.5, 0.6) is 0 Å². The zero-order valence-corrected chi connectivity index (χ0v) is 15.4. The molecule has 0 spiro atoms. The standard InChI is InChI=1S/C21H26FN3O2/c22-20-7-5-17(6-8-20)9-10-23-21(26)24-15-18-3-1-2-4-19(18)16-25-11-13-27-14-12-25/h1-8H,9-16H2,(H2,23,24,26). The molecule has 0 saturated carbocycles. The van der Waals surface area contributed by atoms with Gasteiger partial charge in [0.15, 0.2) is 0 Å². The summed E-state index contributed by atoms with van der Waals surface area (Å²) in [6, 6.07) is 14.3. The van der Waals surface area contributed by atoms with E-state index in [2.05, 4.69) is 27.7 Å². The molecule has 2 aromatic carbocycles. The Kier molecular flexibility index (Phi) is 7.19. The first-order valence-electron chi connectivity index (χ1n) is 9.34. The number of nitrogens with zero attached hydrogens (tertiary/aromatic N) is 1. The lowest BCUT2D eigenvalue weighted by Crippen LogP contribution is -2.37. The highest BCUT2D eigenvalue weighted by atomic mass is 19.1. The van der Waals surface area contributed by atoms with Crippen LogP contribution in [0.25, 0.3) is 0 Å². The highest BCUT2D eigenvalue weighted by Gasteiger charge is 2.13. The molecular formula is C21H26FN3O2. The third-order valence-electron chi connectivity index (χ3n) is 4.67. The van der Waals surface area contributed by atoms with E-state index in [9.17, 15) is 9.18 Å². The molecule has 3 rings (SSSR count). The quantitative estimate of drug-likeness (QED) is 0.787. The van der Waals surface area contributed by atoms with Crippen LogP contribution >= 0.6 is 0 Å². The minimum absolute atomic E-state index is 0.196. The summed E-state index contributed by atoms with van der Waals surface area (Å²) in [5, 5.41) is 5.76. The van der Waals surface area contributed by atoms with Gasteiger partial charge >= 0.3 is 6.03 Å². The van der Waals surface area contributed by atoms with E-state index in [4.69, 9.17) is 4.74 Å². The maximum absolute atomic E-state index is 12.9. The molecule has 6 heteroatoms. The summed E-state index contributed by atoms with van der Waals surface area (Å²) >= 11 is 0. The summed E-state index contributed by atoms with van der Waals surface area (Å²) in [5.41, 5.74) is 3.34. The third-order valence-corrected chi connectivity index (χ3v) is 4.67.